The van der Waals surface area contributed by atoms with E-state index >= 15 is 0 Å². The Hall–Kier alpha value is -1.03. The Morgan fingerprint density at radius 1 is 1.75 bits per heavy atom. The number of hydrogen-bond acceptors (Lipinski definition) is 4. The molecule has 0 saturated heterocycles. The number of nitrogens with two attached hydrogens (primary N) is 2. The smallest absolute Gasteiger partial charge is 0.173 e. The molecule has 1 aromatic rings. The van der Waals surface area contributed by atoms with Crippen molar-refractivity contribution in [3.05, 3.63) is 12.0 Å². The summed E-state index contributed by atoms with van der Waals surface area (Å²) in [5.41, 5.74) is 11.0. The Morgan fingerprint density at radius 3 is 2.75 bits per heavy atom. The van der Waals surface area contributed by atoms with Gasteiger partial charge in [-0.1, -0.05) is 5.16 Å². The first-order valence-corrected chi connectivity index (χ1v) is 2.23. The Balaban J connectivity index is 2.92. The van der Waals surface area contributed by atoms with Crippen LogP contribution in [0.15, 0.2) is 10.7 Å². The summed E-state index contributed by atoms with van der Waals surface area (Å²) >= 11 is 0. The van der Waals surface area contributed by atoms with Crippen LogP contribution in [0.3, 0.4) is 0 Å². The molecule has 1 aromatic heterocycles. The summed E-state index contributed by atoms with van der Waals surface area (Å²) in [5, 5.41) is 3.41. The average molecular weight is 113 g/mol. The van der Waals surface area contributed by atoms with E-state index in [1.807, 2.05) is 0 Å². The van der Waals surface area contributed by atoms with E-state index in [0.29, 0.717) is 18.0 Å². The highest BCUT2D eigenvalue weighted by molar-refractivity contribution is 5.37. The molecule has 0 amide bonds. The van der Waals surface area contributed by atoms with Crippen LogP contribution in [0, 0.1) is 0 Å². The van der Waals surface area contributed by atoms with E-state index in [0.717, 1.165) is 0 Å². The van der Waals surface area contributed by atoms with Crippen molar-refractivity contribution in [1.82, 2.24) is 5.16 Å². The molecule has 8 heavy (non-hydrogen) atoms. The van der Waals surface area contributed by atoms with Gasteiger partial charge >= 0.3 is 0 Å². The second-order valence-electron chi connectivity index (χ2n) is 1.41. The molecule has 0 saturated carbocycles. The van der Waals surface area contributed by atoms with Gasteiger partial charge in [-0.2, -0.15) is 0 Å². The van der Waals surface area contributed by atoms with E-state index in [2.05, 4.69) is 9.68 Å². The van der Waals surface area contributed by atoms with Crippen molar-refractivity contribution >= 4 is 5.69 Å². The molecule has 0 radical (unpaired) electrons. The van der Waals surface area contributed by atoms with Crippen LogP contribution in [0.25, 0.3) is 0 Å². The van der Waals surface area contributed by atoms with Crippen LogP contribution in [-0.2, 0) is 6.54 Å². The lowest BCUT2D eigenvalue weighted by atomic mass is 10.4. The average Bonchev–Trinajstić information content (AvgIpc) is 2.14. The molecule has 0 spiro atoms. The van der Waals surface area contributed by atoms with E-state index in [1.165, 1.54) is 6.20 Å². The first-order valence-electron chi connectivity index (χ1n) is 2.23. The number of anilines is 1. The minimum absolute atomic E-state index is 0.311. The molecule has 4 heteroatoms. The fourth-order valence-electron chi connectivity index (χ4n) is 0.427. The Morgan fingerprint density at radius 2 is 2.50 bits per heavy atom. The largest absolute Gasteiger partial charge is 0.395 e. The monoisotopic (exact) mass is 113 g/mol. The van der Waals surface area contributed by atoms with Crippen molar-refractivity contribution in [3.8, 4) is 0 Å². The van der Waals surface area contributed by atoms with Gasteiger partial charge in [0.2, 0.25) is 0 Å². The molecule has 44 valence electrons. The third kappa shape index (κ3) is 0.651. The maximum absolute atomic E-state index is 5.31. The van der Waals surface area contributed by atoms with Crippen LogP contribution < -0.4 is 11.5 Å². The van der Waals surface area contributed by atoms with Gasteiger partial charge in [0.1, 0.15) is 0 Å². The van der Waals surface area contributed by atoms with Gasteiger partial charge in [-0.05, 0) is 0 Å². The number of nitrogen functional groups attached to an aromatic ring is 1. The maximum atomic E-state index is 5.31. The fraction of sp³-hybridized carbons (Fsp3) is 0.250. The van der Waals surface area contributed by atoms with Crippen molar-refractivity contribution in [2.75, 3.05) is 5.73 Å². The summed E-state index contributed by atoms with van der Waals surface area (Å²) in [7, 11) is 0. The highest BCUT2D eigenvalue weighted by Gasteiger charge is 1.98. The first-order chi connectivity index (χ1) is 3.84. The Labute approximate surface area is 46.4 Å². The SMILES string of the molecule is NCc1oncc1N. The summed E-state index contributed by atoms with van der Waals surface area (Å²) in [6.07, 6.45) is 1.43. The zero-order valence-electron chi connectivity index (χ0n) is 4.29. The molecule has 0 aliphatic heterocycles. The molecule has 0 bridgehead atoms. The van der Waals surface area contributed by atoms with Crippen LogP contribution in [-0.4, -0.2) is 5.16 Å². The van der Waals surface area contributed by atoms with E-state index in [1.54, 1.807) is 0 Å². The van der Waals surface area contributed by atoms with Crippen molar-refractivity contribution in [2.24, 2.45) is 5.73 Å². The summed E-state index contributed by atoms with van der Waals surface area (Å²) in [5.74, 6) is 0.546. The van der Waals surface area contributed by atoms with E-state index in [-0.39, 0.29) is 0 Å². The fourth-order valence-corrected chi connectivity index (χ4v) is 0.427. The van der Waals surface area contributed by atoms with Crippen molar-refractivity contribution < 1.29 is 4.52 Å². The van der Waals surface area contributed by atoms with Crippen LogP contribution in [0.1, 0.15) is 5.76 Å². The molecular weight excluding hydrogens is 106 g/mol. The second-order valence-corrected chi connectivity index (χ2v) is 1.41. The van der Waals surface area contributed by atoms with E-state index in [9.17, 15) is 0 Å². The standard InChI is InChI=1S/C4H7N3O/c5-1-4-3(6)2-7-8-4/h2H,1,5-6H2. The third-order valence-corrected chi connectivity index (χ3v) is 0.862. The van der Waals surface area contributed by atoms with Crippen molar-refractivity contribution in [1.29, 1.82) is 0 Å². The van der Waals surface area contributed by atoms with Gasteiger partial charge in [0.15, 0.2) is 5.76 Å². The molecule has 0 atom stereocenters. The van der Waals surface area contributed by atoms with E-state index < -0.39 is 0 Å². The zero-order valence-corrected chi connectivity index (χ0v) is 4.29. The lowest BCUT2D eigenvalue weighted by Gasteiger charge is -1.84. The molecular formula is C4H7N3O. The van der Waals surface area contributed by atoms with Crippen LogP contribution in [0.2, 0.25) is 0 Å². The van der Waals surface area contributed by atoms with Gasteiger partial charge in [-0.25, -0.2) is 0 Å². The summed E-state index contributed by atoms with van der Waals surface area (Å²) in [6, 6.07) is 0. The van der Waals surface area contributed by atoms with Crippen molar-refractivity contribution in [3.63, 3.8) is 0 Å². The summed E-state index contributed by atoms with van der Waals surface area (Å²) in [6.45, 7) is 0.311. The normalized spacial score (nSPS) is 9.62. The Bertz CT molecular complexity index is 172. The van der Waals surface area contributed by atoms with Crippen molar-refractivity contribution in [2.45, 2.75) is 6.54 Å². The van der Waals surface area contributed by atoms with Crippen LogP contribution in [0.4, 0.5) is 5.69 Å². The molecule has 0 aromatic carbocycles. The van der Waals surface area contributed by atoms with Gasteiger partial charge in [0.05, 0.1) is 18.4 Å². The predicted octanol–water partition coefficient (Wildman–Crippen LogP) is -0.285. The van der Waals surface area contributed by atoms with Gasteiger partial charge < -0.3 is 16.0 Å². The zero-order chi connectivity index (χ0) is 5.98. The third-order valence-electron chi connectivity index (χ3n) is 0.862. The molecule has 0 unspecified atom stereocenters. The highest BCUT2D eigenvalue weighted by atomic mass is 16.5. The van der Waals surface area contributed by atoms with Crippen LogP contribution in [0.5, 0.6) is 0 Å². The topological polar surface area (TPSA) is 78.1 Å². The molecule has 0 fully saturated rings. The Kier molecular flexibility index (Phi) is 1.17. The predicted molar refractivity (Wildman–Crippen MR) is 28.8 cm³/mol. The number of nitrogens with zero attached hydrogens (tertiary/aromatic N) is 1. The summed E-state index contributed by atoms with van der Waals surface area (Å²) in [4.78, 5) is 0. The highest BCUT2D eigenvalue weighted by Crippen LogP contribution is 2.06. The van der Waals surface area contributed by atoms with E-state index in [4.69, 9.17) is 11.5 Å². The number of hydrogen-bond donors (Lipinski definition) is 2. The van der Waals surface area contributed by atoms with Crippen LogP contribution >= 0.6 is 0 Å². The van der Waals surface area contributed by atoms with Gasteiger partial charge in [0, 0.05) is 0 Å². The summed E-state index contributed by atoms with van der Waals surface area (Å²) < 4.78 is 4.61. The number of rotatable bonds is 1. The molecule has 4 N–H and O–H groups in total. The lowest BCUT2D eigenvalue weighted by Crippen LogP contribution is -1.97. The molecule has 1 rings (SSSR count). The molecule has 0 aliphatic carbocycles. The quantitative estimate of drug-likeness (QED) is 0.524. The molecule has 4 nitrogen and oxygen atoms in total. The second kappa shape index (κ2) is 1.83. The molecule has 0 aliphatic rings. The molecule has 1 heterocycles. The number of aromatic nitrogens is 1. The lowest BCUT2D eigenvalue weighted by molar-refractivity contribution is 0.385. The minimum atomic E-state index is 0.311. The minimum Gasteiger partial charge on any atom is -0.395 e. The van der Waals surface area contributed by atoms with Gasteiger partial charge in [-0.3, -0.25) is 0 Å². The maximum Gasteiger partial charge on any atom is 0.173 e. The van der Waals surface area contributed by atoms with Gasteiger partial charge in [-0.15, -0.1) is 0 Å². The first kappa shape index (κ1) is 5.11. The van der Waals surface area contributed by atoms with Gasteiger partial charge in [0.25, 0.3) is 0 Å².